The number of carbonyl (C=O) groups is 2. The van der Waals surface area contributed by atoms with Gasteiger partial charge in [0.05, 0.1) is 5.56 Å². The molecule has 0 fully saturated rings. The van der Waals surface area contributed by atoms with E-state index in [1.54, 1.807) is 12.1 Å². The van der Waals surface area contributed by atoms with Gasteiger partial charge in [-0.25, -0.2) is 4.79 Å². The van der Waals surface area contributed by atoms with Gasteiger partial charge in [0.25, 0.3) is 5.91 Å². The molecule has 3 aromatic carbocycles. The van der Waals surface area contributed by atoms with Crippen molar-refractivity contribution in [3.05, 3.63) is 107 Å². The number of allylic oxidation sites excluding steroid dienone is 1. The Hall–Kier alpha value is -3.66. The van der Waals surface area contributed by atoms with Crippen LogP contribution < -0.4 is 5.32 Å². The van der Waals surface area contributed by atoms with Crippen LogP contribution in [0.4, 0.5) is 5.69 Å². The molecule has 0 saturated carbocycles. The minimum atomic E-state index is -0.996. The predicted molar refractivity (Wildman–Crippen MR) is 114 cm³/mol. The van der Waals surface area contributed by atoms with Crippen LogP contribution in [0.5, 0.6) is 0 Å². The summed E-state index contributed by atoms with van der Waals surface area (Å²) in [6, 6.07) is 22.1. The van der Waals surface area contributed by atoms with E-state index in [0.29, 0.717) is 11.3 Å². The highest BCUT2D eigenvalue weighted by atomic mass is 16.4. The zero-order valence-electron chi connectivity index (χ0n) is 16.3. The average Bonchev–Trinajstić information content (AvgIpc) is 2.99. The number of carboxylic acid groups (broad SMARTS) is 1. The fraction of sp³-hybridized carbons (Fsp3) is 0.120. The first-order valence-corrected chi connectivity index (χ1v) is 9.43. The average molecular weight is 383 g/mol. The molecule has 0 saturated heterocycles. The standard InChI is InChI=1S/C25H21NO3/c1-25(2)15-21(16-6-4-3-5-7-16)20-14-18(10-13-22(20)25)23(27)26-19-11-8-17(9-12-19)24(28)29/h3-15H,1-2H3,(H,26,27)(H,28,29). The Balaban J connectivity index is 1.65. The number of amides is 1. The van der Waals surface area contributed by atoms with Crippen molar-refractivity contribution in [1.29, 1.82) is 0 Å². The minimum Gasteiger partial charge on any atom is -0.478 e. The molecule has 0 unspecified atom stereocenters. The summed E-state index contributed by atoms with van der Waals surface area (Å²) in [6.07, 6.45) is 2.25. The van der Waals surface area contributed by atoms with E-state index in [-0.39, 0.29) is 16.9 Å². The maximum Gasteiger partial charge on any atom is 0.335 e. The predicted octanol–water partition coefficient (Wildman–Crippen LogP) is 5.36. The van der Waals surface area contributed by atoms with Crippen LogP contribution in [0.1, 0.15) is 51.3 Å². The normalized spacial score (nSPS) is 14.1. The molecule has 144 valence electrons. The molecule has 2 N–H and O–H groups in total. The van der Waals surface area contributed by atoms with Gasteiger partial charge in [-0.15, -0.1) is 0 Å². The van der Waals surface area contributed by atoms with Crippen LogP contribution in [-0.4, -0.2) is 17.0 Å². The van der Waals surface area contributed by atoms with Crippen molar-refractivity contribution in [2.24, 2.45) is 0 Å². The van der Waals surface area contributed by atoms with Crippen molar-refractivity contribution in [3.8, 4) is 0 Å². The van der Waals surface area contributed by atoms with Crippen molar-refractivity contribution in [1.82, 2.24) is 0 Å². The summed E-state index contributed by atoms with van der Waals surface area (Å²) < 4.78 is 0. The molecular formula is C25H21NO3. The fourth-order valence-corrected chi connectivity index (χ4v) is 3.74. The Morgan fingerprint density at radius 1 is 0.862 bits per heavy atom. The van der Waals surface area contributed by atoms with E-state index in [0.717, 1.165) is 16.7 Å². The third-order valence-electron chi connectivity index (χ3n) is 5.25. The zero-order valence-corrected chi connectivity index (χ0v) is 16.3. The molecule has 0 bridgehead atoms. The first-order chi connectivity index (χ1) is 13.8. The van der Waals surface area contributed by atoms with Gasteiger partial charge in [-0.05, 0) is 58.7 Å². The molecule has 1 aliphatic carbocycles. The van der Waals surface area contributed by atoms with Gasteiger partial charge in [-0.2, -0.15) is 0 Å². The first-order valence-electron chi connectivity index (χ1n) is 9.43. The third kappa shape index (κ3) is 3.57. The van der Waals surface area contributed by atoms with Gasteiger partial charge in [-0.1, -0.05) is 56.3 Å². The number of fused-ring (bicyclic) bond motifs is 1. The van der Waals surface area contributed by atoms with E-state index < -0.39 is 5.97 Å². The van der Waals surface area contributed by atoms with Crippen LogP contribution in [0.15, 0.2) is 78.9 Å². The summed E-state index contributed by atoms with van der Waals surface area (Å²) in [5.41, 5.74) is 5.70. The monoisotopic (exact) mass is 383 g/mol. The van der Waals surface area contributed by atoms with Crippen LogP contribution in [0.2, 0.25) is 0 Å². The van der Waals surface area contributed by atoms with Crippen LogP contribution in [0.25, 0.3) is 5.57 Å². The molecule has 4 nitrogen and oxygen atoms in total. The van der Waals surface area contributed by atoms with E-state index in [9.17, 15) is 9.59 Å². The van der Waals surface area contributed by atoms with Gasteiger partial charge in [0.1, 0.15) is 0 Å². The summed E-state index contributed by atoms with van der Waals surface area (Å²) in [5.74, 6) is -1.22. The summed E-state index contributed by atoms with van der Waals surface area (Å²) in [4.78, 5) is 23.8. The molecule has 3 aromatic rings. The number of rotatable bonds is 4. The Morgan fingerprint density at radius 3 is 2.17 bits per heavy atom. The van der Waals surface area contributed by atoms with E-state index in [2.05, 4.69) is 37.4 Å². The fourth-order valence-electron chi connectivity index (χ4n) is 3.74. The molecule has 0 radical (unpaired) electrons. The molecule has 4 rings (SSSR count). The smallest absolute Gasteiger partial charge is 0.335 e. The lowest BCUT2D eigenvalue weighted by Crippen LogP contribution is -2.14. The Bertz CT molecular complexity index is 1130. The summed E-state index contributed by atoms with van der Waals surface area (Å²) in [5, 5.41) is 11.8. The SMILES string of the molecule is CC1(C)C=C(c2ccccc2)c2cc(C(=O)Nc3ccc(C(=O)O)cc3)ccc21. The molecule has 0 spiro atoms. The molecule has 0 aliphatic heterocycles. The number of benzene rings is 3. The topological polar surface area (TPSA) is 66.4 Å². The third-order valence-corrected chi connectivity index (χ3v) is 5.25. The number of aromatic carboxylic acids is 1. The summed E-state index contributed by atoms with van der Waals surface area (Å²) in [6.45, 7) is 4.34. The van der Waals surface area contributed by atoms with Gasteiger partial charge < -0.3 is 10.4 Å². The number of hydrogen-bond acceptors (Lipinski definition) is 2. The van der Waals surface area contributed by atoms with Crippen molar-refractivity contribution in [3.63, 3.8) is 0 Å². The van der Waals surface area contributed by atoms with E-state index >= 15 is 0 Å². The van der Waals surface area contributed by atoms with Gasteiger partial charge in [0, 0.05) is 16.7 Å². The van der Waals surface area contributed by atoms with Crippen LogP contribution in [0, 0.1) is 0 Å². The highest BCUT2D eigenvalue weighted by Crippen LogP contribution is 2.43. The number of carbonyl (C=O) groups excluding carboxylic acids is 1. The van der Waals surface area contributed by atoms with Gasteiger partial charge in [0.2, 0.25) is 0 Å². The number of hydrogen-bond donors (Lipinski definition) is 2. The zero-order chi connectivity index (χ0) is 20.6. The van der Waals surface area contributed by atoms with Gasteiger partial charge >= 0.3 is 5.97 Å². The highest BCUT2D eigenvalue weighted by Gasteiger charge is 2.31. The Morgan fingerprint density at radius 2 is 1.52 bits per heavy atom. The van der Waals surface area contributed by atoms with Crippen molar-refractivity contribution >= 4 is 23.1 Å². The van der Waals surface area contributed by atoms with Crippen molar-refractivity contribution in [2.45, 2.75) is 19.3 Å². The second-order valence-electron chi connectivity index (χ2n) is 7.74. The molecular weight excluding hydrogens is 362 g/mol. The molecule has 4 heteroatoms. The van der Waals surface area contributed by atoms with Crippen molar-refractivity contribution in [2.75, 3.05) is 5.32 Å². The maximum atomic E-state index is 12.8. The van der Waals surface area contributed by atoms with Crippen LogP contribution in [-0.2, 0) is 5.41 Å². The molecule has 0 heterocycles. The lowest BCUT2D eigenvalue weighted by molar-refractivity contribution is 0.0696. The lowest BCUT2D eigenvalue weighted by atomic mass is 9.86. The molecule has 1 aliphatic rings. The summed E-state index contributed by atoms with van der Waals surface area (Å²) in [7, 11) is 0. The molecule has 0 atom stereocenters. The van der Waals surface area contributed by atoms with Gasteiger partial charge in [-0.3, -0.25) is 4.79 Å². The maximum absolute atomic E-state index is 12.8. The Kier molecular flexibility index (Phi) is 4.55. The number of anilines is 1. The quantitative estimate of drug-likeness (QED) is 0.637. The second kappa shape index (κ2) is 7.06. The Labute approximate surface area is 169 Å². The summed E-state index contributed by atoms with van der Waals surface area (Å²) >= 11 is 0. The van der Waals surface area contributed by atoms with Crippen LogP contribution >= 0.6 is 0 Å². The highest BCUT2D eigenvalue weighted by molar-refractivity contribution is 6.05. The van der Waals surface area contributed by atoms with Crippen molar-refractivity contribution < 1.29 is 14.7 Å². The van der Waals surface area contributed by atoms with E-state index in [1.165, 1.54) is 17.7 Å². The lowest BCUT2D eigenvalue weighted by Gasteiger charge is -2.18. The van der Waals surface area contributed by atoms with Gasteiger partial charge in [0.15, 0.2) is 0 Å². The minimum absolute atomic E-state index is 0.109. The molecule has 0 aromatic heterocycles. The second-order valence-corrected chi connectivity index (χ2v) is 7.74. The van der Waals surface area contributed by atoms with E-state index in [1.807, 2.05) is 36.4 Å². The van der Waals surface area contributed by atoms with Crippen LogP contribution in [0.3, 0.4) is 0 Å². The largest absolute Gasteiger partial charge is 0.478 e. The molecule has 1 amide bonds. The molecule has 29 heavy (non-hydrogen) atoms. The number of nitrogens with one attached hydrogen (secondary N) is 1. The van der Waals surface area contributed by atoms with E-state index in [4.69, 9.17) is 5.11 Å². The number of carboxylic acids is 1. The first kappa shape index (κ1) is 18.7.